The molecule has 0 bridgehead atoms. The molecule has 2 N–H and O–H groups in total. The number of nitrogens with zero attached hydrogens (tertiary/aromatic N) is 2. The first kappa shape index (κ1) is 16.4. The third kappa shape index (κ3) is 5.14. The summed E-state index contributed by atoms with van der Waals surface area (Å²) in [6.07, 6.45) is 0. The van der Waals surface area contributed by atoms with Gasteiger partial charge in [0.15, 0.2) is 0 Å². The van der Waals surface area contributed by atoms with E-state index in [0.29, 0.717) is 31.1 Å². The maximum absolute atomic E-state index is 11.2. The summed E-state index contributed by atoms with van der Waals surface area (Å²) in [5.74, 6) is -0.558. The fraction of sp³-hybridized carbons (Fsp3) is 0.571. The molecule has 0 spiro atoms. The molecule has 1 heterocycles. The van der Waals surface area contributed by atoms with Gasteiger partial charge < -0.3 is 20.1 Å². The molecular weight excluding hydrogens is 258 g/mol. The van der Waals surface area contributed by atoms with E-state index in [-0.39, 0.29) is 5.56 Å². The van der Waals surface area contributed by atoms with Crippen LogP contribution in [0.15, 0.2) is 6.07 Å². The van der Waals surface area contributed by atoms with Crippen molar-refractivity contribution >= 4 is 11.8 Å². The van der Waals surface area contributed by atoms with Gasteiger partial charge in [-0.25, -0.2) is 9.78 Å². The summed E-state index contributed by atoms with van der Waals surface area (Å²) >= 11 is 0. The summed E-state index contributed by atoms with van der Waals surface area (Å²) in [6, 6.07) is 1.77. The molecule has 6 nitrogen and oxygen atoms in total. The molecule has 0 saturated carbocycles. The first-order chi connectivity index (χ1) is 9.41. The molecule has 20 heavy (non-hydrogen) atoms. The van der Waals surface area contributed by atoms with Gasteiger partial charge in [-0.1, -0.05) is 0 Å². The Kier molecular flexibility index (Phi) is 6.41. The molecule has 0 aliphatic rings. The summed E-state index contributed by atoms with van der Waals surface area (Å²) in [4.78, 5) is 17.5. The second-order valence-corrected chi connectivity index (χ2v) is 4.95. The number of nitrogens with one attached hydrogen (secondary N) is 1. The predicted molar refractivity (Wildman–Crippen MR) is 78.5 cm³/mol. The standard InChI is InChI=1S/C14H23N3O3/c1-10-9-11(2)16-13(12(10)14(18)19)15-5-7-20-8-6-17(3)4/h9H,5-8H2,1-4H3,(H,15,16)(H,18,19). The Hall–Kier alpha value is -1.66. The van der Waals surface area contributed by atoms with Crippen molar-refractivity contribution in [2.75, 3.05) is 45.7 Å². The predicted octanol–water partition coefficient (Wildman–Crippen LogP) is 1.39. The van der Waals surface area contributed by atoms with Crippen LogP contribution in [0, 0.1) is 13.8 Å². The minimum Gasteiger partial charge on any atom is -0.478 e. The topological polar surface area (TPSA) is 74.7 Å². The summed E-state index contributed by atoms with van der Waals surface area (Å²) < 4.78 is 5.45. The van der Waals surface area contributed by atoms with Gasteiger partial charge >= 0.3 is 5.97 Å². The van der Waals surface area contributed by atoms with Crippen molar-refractivity contribution in [3.63, 3.8) is 0 Å². The minimum absolute atomic E-state index is 0.226. The molecule has 0 aliphatic carbocycles. The van der Waals surface area contributed by atoms with Crippen molar-refractivity contribution < 1.29 is 14.6 Å². The number of pyridine rings is 1. The molecule has 0 aromatic carbocycles. The van der Waals surface area contributed by atoms with E-state index >= 15 is 0 Å². The lowest BCUT2D eigenvalue weighted by atomic mass is 10.1. The fourth-order valence-electron chi connectivity index (χ4n) is 1.83. The van der Waals surface area contributed by atoms with E-state index in [4.69, 9.17) is 4.74 Å². The van der Waals surface area contributed by atoms with Crippen LogP contribution >= 0.6 is 0 Å². The van der Waals surface area contributed by atoms with Crippen LogP contribution in [0.2, 0.25) is 0 Å². The molecule has 1 rings (SSSR count). The Labute approximate surface area is 119 Å². The van der Waals surface area contributed by atoms with Crippen LogP contribution in [0.3, 0.4) is 0 Å². The van der Waals surface area contributed by atoms with E-state index in [1.165, 1.54) is 0 Å². The van der Waals surface area contributed by atoms with Gasteiger partial charge in [0, 0.05) is 18.8 Å². The number of hydrogen-bond acceptors (Lipinski definition) is 5. The summed E-state index contributed by atoms with van der Waals surface area (Å²) in [5, 5.41) is 12.3. The lowest BCUT2D eigenvalue weighted by Crippen LogP contribution is -2.20. The van der Waals surface area contributed by atoms with Crippen molar-refractivity contribution in [2.45, 2.75) is 13.8 Å². The van der Waals surface area contributed by atoms with Crippen LogP contribution in [0.4, 0.5) is 5.82 Å². The molecule has 6 heteroatoms. The second-order valence-electron chi connectivity index (χ2n) is 4.95. The highest BCUT2D eigenvalue weighted by molar-refractivity contribution is 5.94. The molecular formula is C14H23N3O3. The average Bonchev–Trinajstić information content (AvgIpc) is 2.31. The van der Waals surface area contributed by atoms with Gasteiger partial charge in [-0.15, -0.1) is 0 Å². The van der Waals surface area contributed by atoms with Crippen LogP contribution in [-0.4, -0.2) is 61.4 Å². The Bertz CT molecular complexity index is 461. The highest BCUT2D eigenvalue weighted by atomic mass is 16.5. The number of aromatic carboxylic acids is 1. The van der Waals surface area contributed by atoms with Gasteiger partial charge in [-0.3, -0.25) is 0 Å². The lowest BCUT2D eigenvalue weighted by Gasteiger charge is -2.13. The van der Waals surface area contributed by atoms with Crippen LogP contribution in [-0.2, 0) is 4.74 Å². The van der Waals surface area contributed by atoms with Gasteiger partial charge in [0.25, 0.3) is 0 Å². The molecule has 0 saturated heterocycles. The van der Waals surface area contributed by atoms with Crippen LogP contribution in [0.5, 0.6) is 0 Å². The zero-order valence-corrected chi connectivity index (χ0v) is 12.6. The highest BCUT2D eigenvalue weighted by Gasteiger charge is 2.15. The zero-order valence-electron chi connectivity index (χ0n) is 12.6. The zero-order chi connectivity index (χ0) is 15.1. The Morgan fingerprint density at radius 3 is 2.70 bits per heavy atom. The number of ether oxygens (including phenoxy) is 1. The number of aromatic nitrogens is 1. The van der Waals surface area contributed by atoms with E-state index in [1.807, 2.05) is 25.9 Å². The lowest BCUT2D eigenvalue weighted by molar-refractivity contribution is 0.0696. The van der Waals surface area contributed by atoms with E-state index in [1.54, 1.807) is 13.0 Å². The molecule has 112 valence electrons. The van der Waals surface area contributed by atoms with Gasteiger partial charge in [0.2, 0.25) is 0 Å². The molecule has 0 atom stereocenters. The third-order valence-electron chi connectivity index (χ3n) is 2.78. The summed E-state index contributed by atoms with van der Waals surface area (Å²) in [5.41, 5.74) is 1.73. The average molecular weight is 281 g/mol. The normalized spacial score (nSPS) is 10.8. The maximum Gasteiger partial charge on any atom is 0.339 e. The fourth-order valence-corrected chi connectivity index (χ4v) is 1.83. The van der Waals surface area contributed by atoms with E-state index in [2.05, 4.69) is 10.3 Å². The Balaban J connectivity index is 2.53. The summed E-state index contributed by atoms with van der Waals surface area (Å²) in [7, 11) is 3.97. The highest BCUT2D eigenvalue weighted by Crippen LogP contribution is 2.18. The molecule has 1 aromatic heterocycles. The number of rotatable bonds is 8. The molecule has 0 aliphatic heterocycles. The van der Waals surface area contributed by atoms with Crippen molar-refractivity contribution in [3.05, 3.63) is 22.9 Å². The van der Waals surface area contributed by atoms with E-state index in [9.17, 15) is 9.90 Å². The molecule has 0 unspecified atom stereocenters. The number of carboxylic acid groups (broad SMARTS) is 1. The molecule has 0 fully saturated rings. The second kappa shape index (κ2) is 7.81. The number of hydrogen-bond donors (Lipinski definition) is 2. The maximum atomic E-state index is 11.2. The van der Waals surface area contributed by atoms with Crippen molar-refractivity contribution in [3.8, 4) is 0 Å². The van der Waals surface area contributed by atoms with E-state index in [0.717, 1.165) is 12.2 Å². The Morgan fingerprint density at radius 2 is 2.10 bits per heavy atom. The first-order valence-electron chi connectivity index (χ1n) is 6.59. The van der Waals surface area contributed by atoms with Crippen molar-refractivity contribution in [2.24, 2.45) is 0 Å². The minimum atomic E-state index is -0.967. The monoisotopic (exact) mass is 281 g/mol. The number of carbonyl (C=O) groups is 1. The number of likely N-dealkylation sites (N-methyl/N-ethyl adjacent to an activating group) is 1. The Morgan fingerprint density at radius 1 is 1.40 bits per heavy atom. The third-order valence-corrected chi connectivity index (χ3v) is 2.78. The molecule has 1 aromatic rings. The van der Waals surface area contributed by atoms with Crippen LogP contribution in [0.25, 0.3) is 0 Å². The smallest absolute Gasteiger partial charge is 0.339 e. The summed E-state index contributed by atoms with van der Waals surface area (Å²) in [6.45, 7) is 6.18. The number of anilines is 1. The number of carboxylic acids is 1. The SMILES string of the molecule is Cc1cc(C)c(C(=O)O)c(NCCOCCN(C)C)n1. The van der Waals surface area contributed by atoms with Gasteiger partial charge in [0.05, 0.1) is 13.2 Å². The van der Waals surface area contributed by atoms with E-state index < -0.39 is 5.97 Å². The van der Waals surface area contributed by atoms with Crippen molar-refractivity contribution in [1.29, 1.82) is 0 Å². The van der Waals surface area contributed by atoms with Crippen molar-refractivity contribution in [1.82, 2.24) is 9.88 Å². The molecule has 0 radical (unpaired) electrons. The number of aryl methyl sites for hydroxylation is 2. The van der Waals surface area contributed by atoms with Gasteiger partial charge in [-0.2, -0.15) is 0 Å². The molecule has 0 amide bonds. The first-order valence-corrected chi connectivity index (χ1v) is 6.59. The van der Waals surface area contributed by atoms with Crippen LogP contribution in [0.1, 0.15) is 21.6 Å². The largest absolute Gasteiger partial charge is 0.478 e. The van der Waals surface area contributed by atoms with Crippen LogP contribution < -0.4 is 5.32 Å². The van der Waals surface area contributed by atoms with Gasteiger partial charge in [-0.05, 0) is 39.6 Å². The van der Waals surface area contributed by atoms with Gasteiger partial charge in [0.1, 0.15) is 11.4 Å². The quantitative estimate of drug-likeness (QED) is 0.701.